The van der Waals surface area contributed by atoms with Crippen molar-refractivity contribution in [2.24, 2.45) is 0 Å². The molecule has 1 saturated heterocycles. The quantitative estimate of drug-likeness (QED) is 0.713. The van der Waals surface area contributed by atoms with Crippen LogP contribution in [0.1, 0.15) is 26.7 Å². The van der Waals surface area contributed by atoms with Gasteiger partial charge in [0.2, 0.25) is 5.82 Å². The van der Waals surface area contributed by atoms with E-state index in [0.717, 1.165) is 11.3 Å². The van der Waals surface area contributed by atoms with Crippen LogP contribution >= 0.6 is 0 Å². The number of amides is 2. The maximum absolute atomic E-state index is 12.9. The van der Waals surface area contributed by atoms with Crippen molar-refractivity contribution in [3.8, 4) is 5.75 Å². The standard InChI is InChI=1S/C21H22N4O4/c1-28-16-7-5-15(6-8-16)14-22-20(26)19-23-18(17-4-2-3-9-25(17)19)21(27)24-10-12-29-13-11-24/h2-9H,10-14H2,1H3,(H,22,26). The second kappa shape index (κ2) is 8.32. The second-order valence-electron chi connectivity index (χ2n) is 6.68. The summed E-state index contributed by atoms with van der Waals surface area (Å²) in [5, 5.41) is 2.87. The highest BCUT2D eigenvalue weighted by atomic mass is 16.5. The van der Waals surface area contributed by atoms with Crippen LogP contribution in [0.2, 0.25) is 0 Å². The molecule has 150 valence electrons. The number of hydrogen-bond donors (Lipinski definition) is 1. The summed E-state index contributed by atoms with van der Waals surface area (Å²) in [6.07, 6.45) is 1.74. The molecule has 0 aliphatic carbocycles. The lowest BCUT2D eigenvalue weighted by Crippen LogP contribution is -2.41. The zero-order valence-electron chi connectivity index (χ0n) is 16.1. The molecule has 2 amide bonds. The number of methoxy groups -OCH3 is 1. The Morgan fingerprint density at radius 2 is 1.90 bits per heavy atom. The Morgan fingerprint density at radius 1 is 1.14 bits per heavy atom. The Labute approximate surface area is 168 Å². The molecule has 0 bridgehead atoms. The molecule has 0 spiro atoms. The highest BCUT2D eigenvalue weighted by Crippen LogP contribution is 2.17. The lowest BCUT2D eigenvalue weighted by Gasteiger charge is -2.26. The molecule has 29 heavy (non-hydrogen) atoms. The number of hydrogen-bond acceptors (Lipinski definition) is 5. The van der Waals surface area contributed by atoms with Crippen molar-refractivity contribution in [1.82, 2.24) is 19.6 Å². The summed E-state index contributed by atoms with van der Waals surface area (Å²) in [6.45, 7) is 2.39. The van der Waals surface area contributed by atoms with Gasteiger partial charge in [-0.1, -0.05) is 18.2 Å². The van der Waals surface area contributed by atoms with Gasteiger partial charge in [0, 0.05) is 25.8 Å². The van der Waals surface area contributed by atoms with Gasteiger partial charge >= 0.3 is 0 Å². The van der Waals surface area contributed by atoms with Crippen LogP contribution in [-0.2, 0) is 11.3 Å². The molecule has 1 fully saturated rings. The number of imidazole rings is 1. The van der Waals surface area contributed by atoms with E-state index < -0.39 is 0 Å². The first-order chi connectivity index (χ1) is 14.2. The predicted molar refractivity (Wildman–Crippen MR) is 106 cm³/mol. The zero-order valence-corrected chi connectivity index (χ0v) is 16.1. The van der Waals surface area contributed by atoms with Gasteiger partial charge in [-0.05, 0) is 29.8 Å². The van der Waals surface area contributed by atoms with Crippen LogP contribution in [0.5, 0.6) is 5.75 Å². The predicted octanol–water partition coefficient (Wildman–Crippen LogP) is 1.75. The minimum Gasteiger partial charge on any atom is -0.497 e. The molecule has 0 radical (unpaired) electrons. The Kier molecular flexibility index (Phi) is 5.44. The highest BCUT2D eigenvalue weighted by Gasteiger charge is 2.26. The number of rotatable bonds is 5. The van der Waals surface area contributed by atoms with Crippen molar-refractivity contribution in [3.63, 3.8) is 0 Å². The zero-order chi connectivity index (χ0) is 20.2. The topological polar surface area (TPSA) is 85.2 Å². The van der Waals surface area contributed by atoms with Crippen LogP contribution in [-0.4, -0.2) is 59.5 Å². The lowest BCUT2D eigenvalue weighted by atomic mass is 10.2. The van der Waals surface area contributed by atoms with E-state index >= 15 is 0 Å². The van der Waals surface area contributed by atoms with Crippen LogP contribution in [0.3, 0.4) is 0 Å². The maximum atomic E-state index is 12.9. The summed E-state index contributed by atoms with van der Waals surface area (Å²) in [7, 11) is 1.61. The number of pyridine rings is 1. The summed E-state index contributed by atoms with van der Waals surface area (Å²) >= 11 is 0. The minimum absolute atomic E-state index is 0.186. The van der Waals surface area contributed by atoms with Crippen molar-refractivity contribution < 1.29 is 19.1 Å². The number of ether oxygens (including phenoxy) is 2. The SMILES string of the molecule is COc1ccc(CNC(=O)c2nc(C(=O)N3CCOCC3)c3ccccn23)cc1. The molecule has 1 aromatic carbocycles. The Hall–Kier alpha value is -3.39. The van der Waals surface area contributed by atoms with Gasteiger partial charge < -0.3 is 19.7 Å². The fourth-order valence-corrected chi connectivity index (χ4v) is 3.28. The average molecular weight is 394 g/mol. The van der Waals surface area contributed by atoms with Gasteiger partial charge in [0.1, 0.15) is 5.75 Å². The molecular weight excluding hydrogens is 372 g/mol. The van der Waals surface area contributed by atoms with E-state index in [1.54, 1.807) is 34.7 Å². The number of aromatic nitrogens is 2. The molecule has 2 aromatic heterocycles. The molecule has 3 heterocycles. The molecule has 8 nitrogen and oxygen atoms in total. The molecule has 0 saturated carbocycles. The summed E-state index contributed by atoms with van der Waals surface area (Å²) in [5.41, 5.74) is 1.82. The maximum Gasteiger partial charge on any atom is 0.287 e. The first kappa shape index (κ1) is 18.9. The Bertz CT molecular complexity index is 1020. The molecule has 1 aliphatic heterocycles. The van der Waals surface area contributed by atoms with E-state index in [-0.39, 0.29) is 23.3 Å². The normalized spacial score (nSPS) is 14.0. The molecule has 1 N–H and O–H groups in total. The van der Waals surface area contributed by atoms with Crippen LogP contribution in [0.4, 0.5) is 0 Å². The summed E-state index contributed by atoms with van der Waals surface area (Å²) < 4.78 is 12.1. The molecule has 1 aliphatic rings. The van der Waals surface area contributed by atoms with Crippen molar-refractivity contribution in [3.05, 3.63) is 65.7 Å². The molecular formula is C21H22N4O4. The number of nitrogens with one attached hydrogen (secondary N) is 1. The van der Waals surface area contributed by atoms with Gasteiger partial charge in [0.15, 0.2) is 5.69 Å². The molecule has 8 heteroatoms. The van der Waals surface area contributed by atoms with E-state index in [1.807, 2.05) is 30.3 Å². The van der Waals surface area contributed by atoms with Gasteiger partial charge in [-0.15, -0.1) is 0 Å². The van der Waals surface area contributed by atoms with Crippen LogP contribution in [0, 0.1) is 0 Å². The van der Waals surface area contributed by atoms with Crippen LogP contribution in [0.15, 0.2) is 48.7 Å². The van der Waals surface area contributed by atoms with E-state index in [0.29, 0.717) is 38.4 Å². The van der Waals surface area contributed by atoms with E-state index in [2.05, 4.69) is 10.3 Å². The molecule has 0 atom stereocenters. The monoisotopic (exact) mass is 394 g/mol. The van der Waals surface area contributed by atoms with Crippen LogP contribution in [0.25, 0.3) is 5.52 Å². The fraction of sp³-hybridized carbons (Fsp3) is 0.286. The summed E-state index contributed by atoms with van der Waals surface area (Å²) in [6, 6.07) is 12.9. The van der Waals surface area contributed by atoms with Gasteiger partial charge in [-0.2, -0.15) is 0 Å². The smallest absolute Gasteiger partial charge is 0.287 e. The minimum atomic E-state index is -0.344. The lowest BCUT2D eigenvalue weighted by molar-refractivity contribution is 0.0300. The van der Waals surface area contributed by atoms with E-state index in [4.69, 9.17) is 9.47 Å². The molecule has 3 aromatic rings. The van der Waals surface area contributed by atoms with E-state index in [9.17, 15) is 9.59 Å². The largest absolute Gasteiger partial charge is 0.497 e. The average Bonchev–Trinajstić information content (AvgIpc) is 3.18. The Balaban J connectivity index is 1.56. The fourth-order valence-electron chi connectivity index (χ4n) is 3.28. The van der Waals surface area contributed by atoms with E-state index in [1.165, 1.54) is 0 Å². The number of carbonyl (C=O) groups excluding carboxylic acids is 2. The molecule has 0 unspecified atom stereocenters. The van der Waals surface area contributed by atoms with Gasteiger partial charge in [0.25, 0.3) is 11.8 Å². The number of morpholine rings is 1. The third-order valence-corrected chi connectivity index (χ3v) is 4.86. The number of benzene rings is 1. The van der Waals surface area contributed by atoms with Crippen molar-refractivity contribution in [1.29, 1.82) is 0 Å². The highest BCUT2D eigenvalue weighted by molar-refractivity contribution is 6.02. The Morgan fingerprint density at radius 3 is 2.62 bits per heavy atom. The number of fused-ring (bicyclic) bond motifs is 1. The third-order valence-electron chi connectivity index (χ3n) is 4.86. The first-order valence-corrected chi connectivity index (χ1v) is 9.42. The van der Waals surface area contributed by atoms with Crippen molar-refractivity contribution in [2.45, 2.75) is 6.54 Å². The van der Waals surface area contributed by atoms with Gasteiger partial charge in [-0.3, -0.25) is 14.0 Å². The number of nitrogens with zero attached hydrogens (tertiary/aromatic N) is 3. The van der Waals surface area contributed by atoms with Crippen molar-refractivity contribution >= 4 is 17.3 Å². The second-order valence-corrected chi connectivity index (χ2v) is 6.68. The number of carbonyl (C=O) groups is 2. The van der Waals surface area contributed by atoms with Gasteiger partial charge in [-0.25, -0.2) is 4.98 Å². The van der Waals surface area contributed by atoms with Gasteiger partial charge in [0.05, 0.1) is 25.8 Å². The summed E-state index contributed by atoms with van der Waals surface area (Å²) in [5.74, 6) is 0.408. The molecule has 4 rings (SSSR count). The first-order valence-electron chi connectivity index (χ1n) is 9.42. The van der Waals surface area contributed by atoms with Crippen LogP contribution < -0.4 is 10.1 Å². The summed E-state index contributed by atoms with van der Waals surface area (Å²) in [4.78, 5) is 31.9. The van der Waals surface area contributed by atoms with Crippen molar-refractivity contribution in [2.75, 3.05) is 33.4 Å². The third kappa shape index (κ3) is 3.93.